The van der Waals surface area contributed by atoms with Gasteiger partial charge in [0.1, 0.15) is 0 Å². The molecule has 0 aliphatic carbocycles. The minimum atomic E-state index is 0.167. The standard InChI is InChI=1S/C13H16N2O/c1-11-3-5-12(6-4-11)13(16)9-15-8-7-14(2)10-15/h3-8H,9-10H2,1-2H3. The second kappa shape index (κ2) is 4.39. The van der Waals surface area contributed by atoms with Crippen LogP contribution in [0.4, 0.5) is 0 Å². The molecule has 84 valence electrons. The molecule has 1 aliphatic heterocycles. The summed E-state index contributed by atoms with van der Waals surface area (Å²) >= 11 is 0. The van der Waals surface area contributed by atoms with Crippen LogP contribution in [0.5, 0.6) is 0 Å². The first-order chi connectivity index (χ1) is 7.65. The van der Waals surface area contributed by atoms with E-state index in [1.165, 1.54) is 5.56 Å². The Bertz CT molecular complexity index is 408. The smallest absolute Gasteiger partial charge is 0.182 e. The summed E-state index contributed by atoms with van der Waals surface area (Å²) in [5, 5.41) is 0. The first-order valence-corrected chi connectivity index (χ1v) is 5.37. The van der Waals surface area contributed by atoms with Crippen molar-refractivity contribution in [3.63, 3.8) is 0 Å². The van der Waals surface area contributed by atoms with Crippen LogP contribution < -0.4 is 0 Å². The fourth-order valence-corrected chi connectivity index (χ4v) is 1.71. The average molecular weight is 216 g/mol. The van der Waals surface area contributed by atoms with Gasteiger partial charge in [0.05, 0.1) is 13.2 Å². The van der Waals surface area contributed by atoms with Gasteiger partial charge in [-0.2, -0.15) is 0 Å². The Morgan fingerprint density at radius 3 is 2.50 bits per heavy atom. The maximum Gasteiger partial charge on any atom is 0.182 e. The van der Waals surface area contributed by atoms with Gasteiger partial charge in [0, 0.05) is 25.0 Å². The van der Waals surface area contributed by atoms with Crippen LogP contribution in [-0.2, 0) is 0 Å². The van der Waals surface area contributed by atoms with Crippen molar-refractivity contribution in [2.45, 2.75) is 6.92 Å². The molecule has 0 bridgehead atoms. The Morgan fingerprint density at radius 2 is 1.94 bits per heavy atom. The minimum absolute atomic E-state index is 0.167. The van der Waals surface area contributed by atoms with Crippen LogP contribution >= 0.6 is 0 Å². The molecule has 1 aromatic carbocycles. The van der Waals surface area contributed by atoms with E-state index in [0.29, 0.717) is 6.54 Å². The zero-order valence-electron chi connectivity index (χ0n) is 9.68. The lowest BCUT2D eigenvalue weighted by molar-refractivity contribution is 0.0948. The zero-order valence-corrected chi connectivity index (χ0v) is 9.68. The normalized spacial score (nSPS) is 14.6. The summed E-state index contributed by atoms with van der Waals surface area (Å²) in [6.45, 7) is 3.26. The third-order valence-electron chi connectivity index (χ3n) is 2.66. The Labute approximate surface area is 96.0 Å². The number of carbonyl (C=O) groups excluding carboxylic acids is 1. The maximum atomic E-state index is 11.9. The van der Waals surface area contributed by atoms with E-state index in [-0.39, 0.29) is 5.78 Å². The highest BCUT2D eigenvalue weighted by atomic mass is 16.1. The molecule has 0 fully saturated rings. The molecule has 2 rings (SSSR count). The SMILES string of the molecule is Cc1ccc(C(=O)CN2C=CN(C)C2)cc1. The fourth-order valence-electron chi connectivity index (χ4n) is 1.71. The number of hydrogen-bond donors (Lipinski definition) is 0. The number of Topliss-reactive ketones (excluding diaryl/α,β-unsaturated/α-hetero) is 1. The molecule has 0 aromatic heterocycles. The monoisotopic (exact) mass is 216 g/mol. The summed E-state index contributed by atoms with van der Waals surface area (Å²) in [4.78, 5) is 16.0. The Hall–Kier alpha value is -1.77. The van der Waals surface area contributed by atoms with Crippen molar-refractivity contribution in [1.82, 2.24) is 9.80 Å². The van der Waals surface area contributed by atoms with E-state index in [4.69, 9.17) is 0 Å². The van der Waals surface area contributed by atoms with Crippen molar-refractivity contribution < 1.29 is 4.79 Å². The Kier molecular flexibility index (Phi) is 2.95. The average Bonchev–Trinajstić information content (AvgIpc) is 2.65. The topological polar surface area (TPSA) is 23.6 Å². The Balaban J connectivity index is 1.98. The molecule has 1 aliphatic rings. The van der Waals surface area contributed by atoms with Crippen molar-refractivity contribution in [2.75, 3.05) is 20.3 Å². The fraction of sp³-hybridized carbons (Fsp3) is 0.308. The van der Waals surface area contributed by atoms with Crippen molar-refractivity contribution in [3.05, 3.63) is 47.8 Å². The lowest BCUT2D eigenvalue weighted by Crippen LogP contribution is -2.27. The van der Waals surface area contributed by atoms with Gasteiger partial charge in [-0.25, -0.2) is 0 Å². The van der Waals surface area contributed by atoms with Crippen LogP contribution in [0, 0.1) is 6.92 Å². The number of hydrogen-bond acceptors (Lipinski definition) is 3. The lowest BCUT2D eigenvalue weighted by Gasteiger charge is -2.17. The zero-order chi connectivity index (χ0) is 11.5. The minimum Gasteiger partial charge on any atom is -0.362 e. The molecule has 0 N–H and O–H groups in total. The van der Waals surface area contributed by atoms with Gasteiger partial charge in [0.25, 0.3) is 0 Å². The van der Waals surface area contributed by atoms with E-state index in [1.807, 2.05) is 60.4 Å². The summed E-state index contributed by atoms with van der Waals surface area (Å²) in [5.41, 5.74) is 1.96. The quantitative estimate of drug-likeness (QED) is 0.720. The van der Waals surface area contributed by atoms with Crippen LogP contribution in [0.2, 0.25) is 0 Å². The number of nitrogens with zero attached hydrogens (tertiary/aromatic N) is 2. The summed E-state index contributed by atoms with van der Waals surface area (Å²) < 4.78 is 0. The van der Waals surface area contributed by atoms with E-state index in [9.17, 15) is 4.79 Å². The first-order valence-electron chi connectivity index (χ1n) is 5.37. The Morgan fingerprint density at radius 1 is 1.25 bits per heavy atom. The van der Waals surface area contributed by atoms with Crippen LogP contribution in [0.25, 0.3) is 0 Å². The number of aryl methyl sites for hydroxylation is 1. The molecule has 0 spiro atoms. The van der Waals surface area contributed by atoms with Gasteiger partial charge in [-0.15, -0.1) is 0 Å². The van der Waals surface area contributed by atoms with Gasteiger partial charge in [0.2, 0.25) is 0 Å². The van der Waals surface area contributed by atoms with E-state index >= 15 is 0 Å². The summed E-state index contributed by atoms with van der Waals surface area (Å²) in [7, 11) is 1.99. The highest BCUT2D eigenvalue weighted by Crippen LogP contribution is 2.08. The highest BCUT2D eigenvalue weighted by molar-refractivity contribution is 5.97. The van der Waals surface area contributed by atoms with E-state index in [0.717, 1.165) is 12.2 Å². The van der Waals surface area contributed by atoms with Crippen molar-refractivity contribution in [3.8, 4) is 0 Å². The molecule has 0 atom stereocenters. The maximum absolute atomic E-state index is 11.9. The molecule has 1 heterocycles. The molecular weight excluding hydrogens is 200 g/mol. The largest absolute Gasteiger partial charge is 0.362 e. The number of carbonyl (C=O) groups is 1. The summed E-state index contributed by atoms with van der Waals surface area (Å²) in [5.74, 6) is 0.167. The highest BCUT2D eigenvalue weighted by Gasteiger charge is 2.13. The number of ketones is 1. The van der Waals surface area contributed by atoms with Crippen LogP contribution in [0.1, 0.15) is 15.9 Å². The van der Waals surface area contributed by atoms with Gasteiger partial charge in [-0.05, 0) is 6.92 Å². The van der Waals surface area contributed by atoms with Crippen molar-refractivity contribution in [1.29, 1.82) is 0 Å². The van der Waals surface area contributed by atoms with Crippen molar-refractivity contribution >= 4 is 5.78 Å². The van der Waals surface area contributed by atoms with Crippen molar-refractivity contribution in [2.24, 2.45) is 0 Å². The van der Waals surface area contributed by atoms with Gasteiger partial charge in [0.15, 0.2) is 5.78 Å². The molecule has 0 saturated carbocycles. The van der Waals surface area contributed by atoms with Crippen LogP contribution in [0.3, 0.4) is 0 Å². The first kappa shape index (κ1) is 10.7. The molecule has 0 saturated heterocycles. The van der Waals surface area contributed by atoms with E-state index in [1.54, 1.807) is 0 Å². The molecule has 0 radical (unpaired) electrons. The van der Waals surface area contributed by atoms with Gasteiger partial charge < -0.3 is 9.80 Å². The number of benzene rings is 1. The predicted molar refractivity (Wildman–Crippen MR) is 64.0 cm³/mol. The van der Waals surface area contributed by atoms with Gasteiger partial charge in [-0.1, -0.05) is 29.8 Å². The third kappa shape index (κ3) is 2.42. The van der Waals surface area contributed by atoms with Crippen LogP contribution in [-0.4, -0.2) is 35.8 Å². The molecule has 3 heteroatoms. The van der Waals surface area contributed by atoms with Crippen LogP contribution in [0.15, 0.2) is 36.7 Å². The summed E-state index contributed by atoms with van der Waals surface area (Å²) in [6, 6.07) is 7.72. The molecule has 0 amide bonds. The third-order valence-corrected chi connectivity index (χ3v) is 2.66. The summed E-state index contributed by atoms with van der Waals surface area (Å²) in [6.07, 6.45) is 3.93. The lowest BCUT2D eigenvalue weighted by atomic mass is 10.1. The molecular formula is C13H16N2O. The second-order valence-electron chi connectivity index (χ2n) is 4.23. The van der Waals surface area contributed by atoms with Gasteiger partial charge in [-0.3, -0.25) is 4.79 Å². The molecule has 0 unspecified atom stereocenters. The molecule has 3 nitrogen and oxygen atoms in total. The van der Waals surface area contributed by atoms with E-state index in [2.05, 4.69) is 0 Å². The van der Waals surface area contributed by atoms with Gasteiger partial charge >= 0.3 is 0 Å². The second-order valence-corrected chi connectivity index (χ2v) is 4.23. The predicted octanol–water partition coefficient (Wildman–Crippen LogP) is 1.85. The number of rotatable bonds is 3. The molecule has 1 aromatic rings. The molecule has 16 heavy (non-hydrogen) atoms. The van der Waals surface area contributed by atoms with E-state index < -0.39 is 0 Å².